The minimum Gasteiger partial charge on any atom is -0.406 e. The van der Waals surface area contributed by atoms with E-state index in [1.807, 2.05) is 0 Å². The van der Waals surface area contributed by atoms with Gasteiger partial charge in [0.2, 0.25) is 0 Å². The summed E-state index contributed by atoms with van der Waals surface area (Å²) in [6.45, 7) is 0. The van der Waals surface area contributed by atoms with E-state index in [-0.39, 0.29) is 0 Å². The van der Waals surface area contributed by atoms with Crippen molar-refractivity contribution in [1.29, 1.82) is 0 Å². The zero-order valence-corrected chi connectivity index (χ0v) is 13.1. The fourth-order valence-corrected chi connectivity index (χ4v) is 2.91. The molecule has 0 amide bonds. The fraction of sp³-hybridized carbons (Fsp3) is 0.143. The monoisotopic (exact) mass is 403 g/mol. The van der Waals surface area contributed by atoms with Crippen LogP contribution in [0.15, 0.2) is 47.4 Å². The van der Waals surface area contributed by atoms with Crippen LogP contribution in [0.5, 0.6) is 5.75 Å². The van der Waals surface area contributed by atoms with E-state index in [2.05, 4.69) is 4.74 Å². The third-order valence-electron chi connectivity index (χ3n) is 2.92. The van der Waals surface area contributed by atoms with Gasteiger partial charge < -0.3 is 4.74 Å². The molecule has 12 heteroatoms. The van der Waals surface area contributed by atoms with Gasteiger partial charge in [-0.1, -0.05) is 6.07 Å². The summed E-state index contributed by atoms with van der Waals surface area (Å²) >= 11 is 0. The van der Waals surface area contributed by atoms with Gasteiger partial charge in [0.15, 0.2) is 5.82 Å². The lowest BCUT2D eigenvalue weighted by Gasteiger charge is -2.13. The van der Waals surface area contributed by atoms with Crippen molar-refractivity contribution in [2.24, 2.45) is 0 Å². The molecule has 0 spiro atoms. The van der Waals surface area contributed by atoms with E-state index in [1.54, 1.807) is 4.72 Å². The molecule has 0 saturated carbocycles. The Hall–Kier alpha value is -2.50. The number of rotatable bonds is 4. The Morgan fingerprint density at radius 2 is 1.46 bits per heavy atom. The van der Waals surface area contributed by atoms with Crippen molar-refractivity contribution in [3.05, 3.63) is 53.8 Å². The second-order valence-corrected chi connectivity index (χ2v) is 6.47. The molecule has 0 aliphatic rings. The van der Waals surface area contributed by atoms with Gasteiger partial charge in [0, 0.05) is 0 Å². The highest BCUT2D eigenvalue weighted by Gasteiger charge is 2.35. The average Bonchev–Trinajstić information content (AvgIpc) is 2.47. The SMILES string of the molecule is O=S(=O)(Nc1cccc(C(F)(F)F)c1F)c1ccc(OC(F)(F)F)cc1. The molecule has 0 fully saturated rings. The summed E-state index contributed by atoms with van der Waals surface area (Å²) in [5.74, 6) is -2.54. The minimum atomic E-state index is -5.04. The Morgan fingerprint density at radius 3 is 1.96 bits per heavy atom. The first-order chi connectivity index (χ1) is 11.8. The Labute approximate surface area is 142 Å². The largest absolute Gasteiger partial charge is 0.573 e. The summed E-state index contributed by atoms with van der Waals surface area (Å²) in [5.41, 5.74) is -2.64. The summed E-state index contributed by atoms with van der Waals surface area (Å²) in [5, 5.41) is 0. The zero-order chi connectivity index (χ0) is 19.8. The summed E-state index contributed by atoms with van der Waals surface area (Å²) in [7, 11) is -4.55. The predicted molar refractivity (Wildman–Crippen MR) is 75.3 cm³/mol. The molecule has 0 aliphatic carbocycles. The van der Waals surface area contributed by atoms with Gasteiger partial charge in [0.25, 0.3) is 10.0 Å². The molecule has 0 saturated heterocycles. The molecule has 142 valence electrons. The van der Waals surface area contributed by atoms with Crippen LogP contribution in [0.4, 0.5) is 36.4 Å². The van der Waals surface area contributed by atoms with Crippen LogP contribution in [0.25, 0.3) is 0 Å². The maximum absolute atomic E-state index is 13.9. The Balaban J connectivity index is 2.30. The first-order valence-corrected chi connectivity index (χ1v) is 8.02. The lowest BCUT2D eigenvalue weighted by Crippen LogP contribution is -2.18. The molecule has 0 aliphatic heterocycles. The van der Waals surface area contributed by atoms with Crippen molar-refractivity contribution in [3.63, 3.8) is 0 Å². The van der Waals surface area contributed by atoms with Crippen molar-refractivity contribution in [2.75, 3.05) is 4.72 Å². The molecule has 0 unspecified atom stereocenters. The number of anilines is 1. The van der Waals surface area contributed by atoms with Gasteiger partial charge in [-0.3, -0.25) is 4.72 Å². The lowest BCUT2D eigenvalue weighted by molar-refractivity contribution is -0.274. The number of nitrogens with one attached hydrogen (secondary N) is 1. The van der Waals surface area contributed by atoms with Crippen LogP contribution in [0.2, 0.25) is 0 Å². The number of hydrogen-bond donors (Lipinski definition) is 1. The summed E-state index contributed by atoms with van der Waals surface area (Å²) in [6.07, 6.45) is -10.0. The van der Waals surface area contributed by atoms with Crippen LogP contribution in [0, 0.1) is 5.82 Å². The summed E-state index contributed by atoms with van der Waals surface area (Å²) < 4.78 is 117. The molecule has 0 radical (unpaired) electrons. The van der Waals surface area contributed by atoms with E-state index >= 15 is 0 Å². The van der Waals surface area contributed by atoms with E-state index in [4.69, 9.17) is 0 Å². The number of hydrogen-bond acceptors (Lipinski definition) is 3. The van der Waals surface area contributed by atoms with Crippen LogP contribution in [-0.2, 0) is 16.2 Å². The van der Waals surface area contributed by atoms with Crippen LogP contribution in [0.1, 0.15) is 5.56 Å². The molecule has 2 aromatic carbocycles. The third kappa shape index (κ3) is 4.77. The van der Waals surface area contributed by atoms with Gasteiger partial charge in [-0.2, -0.15) is 13.2 Å². The second-order valence-electron chi connectivity index (χ2n) is 4.79. The van der Waals surface area contributed by atoms with E-state index in [0.717, 1.165) is 24.3 Å². The van der Waals surface area contributed by atoms with Gasteiger partial charge >= 0.3 is 12.5 Å². The standard InChI is InChI=1S/C14H8F7NO3S/c15-12-10(13(16,17)18)2-1-3-11(12)22-26(23,24)9-6-4-8(5-7-9)25-14(19,20)21/h1-7,22H. The van der Waals surface area contributed by atoms with Crippen LogP contribution < -0.4 is 9.46 Å². The molecule has 1 N–H and O–H groups in total. The Bertz CT molecular complexity index is 890. The third-order valence-corrected chi connectivity index (χ3v) is 4.30. The van der Waals surface area contributed by atoms with Crippen molar-refractivity contribution >= 4 is 15.7 Å². The maximum Gasteiger partial charge on any atom is 0.573 e. The first kappa shape index (κ1) is 19.8. The zero-order valence-electron chi connectivity index (χ0n) is 12.3. The molecule has 26 heavy (non-hydrogen) atoms. The van der Waals surface area contributed by atoms with Crippen molar-refractivity contribution in [3.8, 4) is 5.75 Å². The summed E-state index contributed by atoms with van der Waals surface area (Å²) in [6, 6.07) is 4.79. The van der Waals surface area contributed by atoms with Crippen LogP contribution in [-0.4, -0.2) is 14.8 Å². The molecule has 0 bridgehead atoms. The molecular weight excluding hydrogens is 395 g/mol. The normalized spacial score (nSPS) is 12.7. The quantitative estimate of drug-likeness (QED) is 0.763. The van der Waals surface area contributed by atoms with Crippen molar-refractivity contribution in [2.45, 2.75) is 17.4 Å². The van der Waals surface area contributed by atoms with Crippen molar-refractivity contribution < 1.29 is 43.9 Å². The highest BCUT2D eigenvalue weighted by molar-refractivity contribution is 7.92. The van der Waals surface area contributed by atoms with E-state index < -0.39 is 50.3 Å². The molecule has 0 aromatic heterocycles. The minimum absolute atomic E-state index is 0.427. The Kier molecular flexibility index (Phi) is 5.08. The van der Waals surface area contributed by atoms with Crippen LogP contribution >= 0.6 is 0 Å². The number of ether oxygens (including phenoxy) is 1. The highest BCUT2D eigenvalue weighted by atomic mass is 32.2. The van der Waals surface area contributed by atoms with Gasteiger partial charge in [0.05, 0.1) is 16.1 Å². The summed E-state index contributed by atoms with van der Waals surface area (Å²) in [4.78, 5) is -0.608. The smallest absolute Gasteiger partial charge is 0.406 e. The van der Waals surface area contributed by atoms with Gasteiger partial charge in [0.1, 0.15) is 5.75 Å². The lowest BCUT2D eigenvalue weighted by atomic mass is 10.2. The van der Waals surface area contributed by atoms with Gasteiger partial charge in [-0.15, -0.1) is 13.2 Å². The molecule has 4 nitrogen and oxygen atoms in total. The van der Waals surface area contributed by atoms with E-state index in [1.165, 1.54) is 0 Å². The fourth-order valence-electron chi connectivity index (χ4n) is 1.85. The number of sulfonamides is 1. The van der Waals surface area contributed by atoms with E-state index in [0.29, 0.717) is 18.2 Å². The number of halogens is 7. The molecular formula is C14H8F7NO3S. The number of alkyl halides is 6. The number of benzene rings is 2. The van der Waals surface area contributed by atoms with E-state index in [9.17, 15) is 39.2 Å². The average molecular weight is 403 g/mol. The maximum atomic E-state index is 13.9. The van der Waals surface area contributed by atoms with Gasteiger partial charge in [-0.05, 0) is 36.4 Å². The molecule has 2 rings (SSSR count). The molecule has 0 heterocycles. The predicted octanol–water partition coefficient (Wildman–Crippen LogP) is 4.54. The topological polar surface area (TPSA) is 55.4 Å². The molecule has 2 aromatic rings. The highest BCUT2D eigenvalue weighted by Crippen LogP contribution is 2.34. The van der Waals surface area contributed by atoms with Crippen LogP contribution in [0.3, 0.4) is 0 Å². The Morgan fingerprint density at radius 1 is 0.885 bits per heavy atom. The van der Waals surface area contributed by atoms with Gasteiger partial charge in [-0.25, -0.2) is 12.8 Å². The molecule has 0 atom stereocenters. The second kappa shape index (κ2) is 6.67. The van der Waals surface area contributed by atoms with Crippen molar-refractivity contribution in [1.82, 2.24) is 0 Å². The first-order valence-electron chi connectivity index (χ1n) is 6.54.